The molecular formula is C11H20N2O2. The summed E-state index contributed by atoms with van der Waals surface area (Å²) in [5.74, 6) is 1.62. The Bertz CT molecular complexity index is 286. The van der Waals surface area contributed by atoms with Gasteiger partial charge in [-0.3, -0.25) is 0 Å². The van der Waals surface area contributed by atoms with Crippen molar-refractivity contribution in [3.05, 3.63) is 11.7 Å². The Morgan fingerprint density at radius 1 is 1.40 bits per heavy atom. The molecule has 86 valence electrons. The zero-order chi connectivity index (χ0) is 11.3. The van der Waals surface area contributed by atoms with E-state index in [2.05, 4.69) is 24.0 Å². The van der Waals surface area contributed by atoms with Gasteiger partial charge >= 0.3 is 0 Å². The summed E-state index contributed by atoms with van der Waals surface area (Å²) in [6.07, 6.45) is 2.85. The van der Waals surface area contributed by atoms with Crippen LogP contribution >= 0.6 is 0 Å². The number of rotatable bonds is 6. The first-order valence-corrected chi connectivity index (χ1v) is 5.67. The normalized spacial score (nSPS) is 15.2. The molecule has 0 saturated heterocycles. The maximum Gasteiger partial charge on any atom is 0.229 e. The molecule has 0 amide bonds. The van der Waals surface area contributed by atoms with Crippen molar-refractivity contribution in [3.63, 3.8) is 0 Å². The summed E-state index contributed by atoms with van der Waals surface area (Å²) in [4.78, 5) is 4.27. The van der Waals surface area contributed by atoms with Crippen molar-refractivity contribution >= 4 is 0 Å². The van der Waals surface area contributed by atoms with Gasteiger partial charge in [-0.2, -0.15) is 4.98 Å². The lowest BCUT2D eigenvalue weighted by Crippen LogP contribution is -2.10. The van der Waals surface area contributed by atoms with Gasteiger partial charge in [0, 0.05) is 5.92 Å². The molecule has 0 spiro atoms. The molecule has 2 unspecified atom stereocenters. The lowest BCUT2D eigenvalue weighted by molar-refractivity contribution is 0.151. The highest BCUT2D eigenvalue weighted by Crippen LogP contribution is 2.15. The molecule has 1 aromatic heterocycles. The van der Waals surface area contributed by atoms with E-state index in [0.29, 0.717) is 18.2 Å². The van der Waals surface area contributed by atoms with Crippen molar-refractivity contribution < 1.29 is 9.63 Å². The van der Waals surface area contributed by atoms with Gasteiger partial charge in [-0.05, 0) is 12.8 Å². The monoisotopic (exact) mass is 212 g/mol. The molecule has 4 nitrogen and oxygen atoms in total. The van der Waals surface area contributed by atoms with Gasteiger partial charge < -0.3 is 9.63 Å². The number of aromatic nitrogens is 2. The van der Waals surface area contributed by atoms with Crippen LogP contribution in [-0.2, 0) is 6.42 Å². The zero-order valence-corrected chi connectivity index (χ0v) is 9.73. The highest BCUT2D eigenvalue weighted by atomic mass is 16.5. The average Bonchev–Trinajstić information content (AvgIpc) is 2.65. The van der Waals surface area contributed by atoms with E-state index in [0.717, 1.165) is 25.1 Å². The van der Waals surface area contributed by atoms with Crippen LogP contribution in [0, 0.1) is 0 Å². The van der Waals surface area contributed by atoms with E-state index in [4.69, 9.17) is 4.52 Å². The molecule has 0 fully saturated rings. The zero-order valence-electron chi connectivity index (χ0n) is 9.73. The highest BCUT2D eigenvalue weighted by Gasteiger charge is 2.14. The van der Waals surface area contributed by atoms with Gasteiger partial charge in [0.25, 0.3) is 0 Å². The van der Waals surface area contributed by atoms with Gasteiger partial charge in [-0.1, -0.05) is 32.3 Å². The van der Waals surface area contributed by atoms with Crippen molar-refractivity contribution in [1.82, 2.24) is 10.1 Å². The maximum absolute atomic E-state index is 9.58. The average molecular weight is 212 g/mol. The molecule has 0 aromatic carbocycles. The standard InChI is InChI=1S/C11H20N2O2/c1-4-6-9(14)7-10-12-11(13-15-10)8(3)5-2/h8-9,14H,4-7H2,1-3H3. The van der Waals surface area contributed by atoms with E-state index in [9.17, 15) is 5.11 Å². The number of aliphatic hydroxyl groups is 1. The molecule has 2 atom stereocenters. The molecule has 1 aromatic rings. The third-order valence-corrected chi connectivity index (χ3v) is 2.57. The Morgan fingerprint density at radius 2 is 2.13 bits per heavy atom. The summed E-state index contributed by atoms with van der Waals surface area (Å²) in [6, 6.07) is 0. The van der Waals surface area contributed by atoms with Crippen LogP contribution in [0.1, 0.15) is 57.7 Å². The lowest BCUT2D eigenvalue weighted by atomic mass is 10.1. The minimum Gasteiger partial charge on any atom is -0.393 e. The summed E-state index contributed by atoms with van der Waals surface area (Å²) in [5.41, 5.74) is 0. The number of hydrogen-bond acceptors (Lipinski definition) is 4. The van der Waals surface area contributed by atoms with Gasteiger partial charge in [0.1, 0.15) is 0 Å². The first-order valence-electron chi connectivity index (χ1n) is 5.67. The van der Waals surface area contributed by atoms with E-state index < -0.39 is 0 Å². The topological polar surface area (TPSA) is 59.2 Å². The fourth-order valence-electron chi connectivity index (χ4n) is 1.37. The first kappa shape index (κ1) is 12.2. The van der Waals surface area contributed by atoms with E-state index in [1.807, 2.05) is 6.92 Å². The van der Waals surface area contributed by atoms with Crippen LogP contribution in [0.4, 0.5) is 0 Å². The van der Waals surface area contributed by atoms with Crippen LogP contribution < -0.4 is 0 Å². The summed E-state index contributed by atoms with van der Waals surface area (Å²) in [6.45, 7) is 6.20. The molecule has 1 N–H and O–H groups in total. The minimum absolute atomic E-state index is 0.325. The molecule has 0 aliphatic rings. The van der Waals surface area contributed by atoms with Crippen LogP contribution in [0.15, 0.2) is 4.52 Å². The highest BCUT2D eigenvalue weighted by molar-refractivity contribution is 4.93. The molecule has 4 heteroatoms. The predicted octanol–water partition coefficient (Wildman–Crippen LogP) is 2.29. The van der Waals surface area contributed by atoms with Gasteiger partial charge in [0.15, 0.2) is 5.82 Å². The second-order valence-electron chi connectivity index (χ2n) is 4.00. The minimum atomic E-state index is -0.361. The van der Waals surface area contributed by atoms with Crippen molar-refractivity contribution in [1.29, 1.82) is 0 Å². The lowest BCUT2D eigenvalue weighted by Gasteiger charge is -2.04. The number of aliphatic hydroxyl groups excluding tert-OH is 1. The Morgan fingerprint density at radius 3 is 2.73 bits per heavy atom. The molecule has 0 bridgehead atoms. The Balaban J connectivity index is 2.52. The van der Waals surface area contributed by atoms with Gasteiger partial charge in [-0.15, -0.1) is 0 Å². The van der Waals surface area contributed by atoms with Gasteiger partial charge in [0.05, 0.1) is 12.5 Å². The van der Waals surface area contributed by atoms with Crippen LogP contribution in [0.5, 0.6) is 0 Å². The fourth-order valence-corrected chi connectivity index (χ4v) is 1.37. The largest absolute Gasteiger partial charge is 0.393 e. The van der Waals surface area contributed by atoms with Crippen molar-refractivity contribution in [3.8, 4) is 0 Å². The Hall–Kier alpha value is -0.900. The first-order chi connectivity index (χ1) is 7.17. The maximum atomic E-state index is 9.58. The van der Waals surface area contributed by atoms with E-state index in [1.165, 1.54) is 0 Å². The summed E-state index contributed by atoms with van der Waals surface area (Å²) in [5, 5.41) is 13.5. The second kappa shape index (κ2) is 5.85. The van der Waals surface area contributed by atoms with Crippen LogP contribution in [0.3, 0.4) is 0 Å². The van der Waals surface area contributed by atoms with Crippen molar-refractivity contribution in [2.24, 2.45) is 0 Å². The van der Waals surface area contributed by atoms with E-state index in [-0.39, 0.29) is 6.10 Å². The van der Waals surface area contributed by atoms with Gasteiger partial charge in [-0.25, -0.2) is 0 Å². The van der Waals surface area contributed by atoms with Crippen molar-refractivity contribution in [2.45, 2.75) is 58.5 Å². The van der Waals surface area contributed by atoms with Crippen molar-refractivity contribution in [2.75, 3.05) is 0 Å². The molecule has 1 rings (SSSR count). The molecule has 0 aliphatic heterocycles. The summed E-state index contributed by atoms with van der Waals surface area (Å²) < 4.78 is 5.08. The van der Waals surface area contributed by atoms with Crippen LogP contribution in [0.25, 0.3) is 0 Å². The molecule has 0 aliphatic carbocycles. The number of nitrogens with zero attached hydrogens (tertiary/aromatic N) is 2. The second-order valence-corrected chi connectivity index (χ2v) is 4.00. The summed E-state index contributed by atoms with van der Waals surface area (Å²) >= 11 is 0. The SMILES string of the molecule is CCCC(O)Cc1nc(C(C)CC)no1. The van der Waals surface area contributed by atoms with Gasteiger partial charge in [0.2, 0.25) is 5.89 Å². The molecule has 1 heterocycles. The van der Waals surface area contributed by atoms with E-state index >= 15 is 0 Å². The predicted molar refractivity (Wildman–Crippen MR) is 57.6 cm³/mol. The quantitative estimate of drug-likeness (QED) is 0.786. The smallest absolute Gasteiger partial charge is 0.229 e. The Labute approximate surface area is 90.7 Å². The Kier molecular flexibility index (Phi) is 4.75. The van der Waals surface area contributed by atoms with Crippen LogP contribution in [-0.4, -0.2) is 21.4 Å². The molecule has 0 saturated carbocycles. The third kappa shape index (κ3) is 3.63. The van der Waals surface area contributed by atoms with E-state index in [1.54, 1.807) is 0 Å². The van der Waals surface area contributed by atoms with Crippen LogP contribution in [0.2, 0.25) is 0 Å². The third-order valence-electron chi connectivity index (χ3n) is 2.57. The molecule has 15 heavy (non-hydrogen) atoms. The fraction of sp³-hybridized carbons (Fsp3) is 0.818. The summed E-state index contributed by atoms with van der Waals surface area (Å²) in [7, 11) is 0. The molecule has 0 radical (unpaired) electrons. The number of hydrogen-bond donors (Lipinski definition) is 1. The molecular weight excluding hydrogens is 192 g/mol.